The maximum absolute atomic E-state index is 12.4. The summed E-state index contributed by atoms with van der Waals surface area (Å²) in [6.07, 6.45) is 4.06. The minimum atomic E-state index is -0.831. The van der Waals surface area contributed by atoms with Crippen LogP contribution in [0.3, 0.4) is 0 Å². The minimum Gasteiger partial charge on any atom is -0.481 e. The van der Waals surface area contributed by atoms with Crippen LogP contribution in [0, 0.1) is 25.7 Å². The lowest BCUT2D eigenvalue weighted by molar-refractivity contribution is -0.151. The smallest absolute Gasteiger partial charge is 0.279 e. The molecule has 6 nitrogen and oxygen atoms in total. The predicted molar refractivity (Wildman–Crippen MR) is 91.4 cm³/mol. The van der Waals surface area contributed by atoms with Gasteiger partial charge in [0, 0.05) is 0 Å². The maximum atomic E-state index is 12.4. The zero-order valence-corrected chi connectivity index (χ0v) is 14.6. The number of aryl methyl sites for hydroxylation is 2. The Hall–Kier alpha value is -2.63. The SMILES string of the molecule is Cc1cc(C)cc(O[C@@H](C)C(=O)NN2C(=O)[C@H]3CC=CC[C@@H]3C2=O)c1. The van der Waals surface area contributed by atoms with Gasteiger partial charge in [0.15, 0.2) is 6.10 Å². The summed E-state index contributed by atoms with van der Waals surface area (Å²) in [6.45, 7) is 5.48. The number of hydrogen-bond acceptors (Lipinski definition) is 4. The molecule has 1 aliphatic carbocycles. The van der Waals surface area contributed by atoms with Gasteiger partial charge in [-0.1, -0.05) is 18.2 Å². The highest BCUT2D eigenvalue weighted by Gasteiger charge is 2.48. The first kappa shape index (κ1) is 17.2. The molecule has 25 heavy (non-hydrogen) atoms. The molecule has 0 unspecified atom stereocenters. The number of nitrogens with zero attached hydrogens (tertiary/aromatic N) is 1. The number of fused-ring (bicyclic) bond motifs is 1. The van der Waals surface area contributed by atoms with E-state index >= 15 is 0 Å². The predicted octanol–water partition coefficient (Wildman–Crippen LogP) is 2.05. The Balaban J connectivity index is 1.65. The van der Waals surface area contributed by atoms with E-state index in [2.05, 4.69) is 5.43 Å². The number of hydrazine groups is 1. The lowest BCUT2D eigenvalue weighted by Crippen LogP contribution is -2.50. The van der Waals surface area contributed by atoms with Crippen molar-refractivity contribution < 1.29 is 19.1 Å². The molecule has 1 aliphatic heterocycles. The number of nitrogens with one attached hydrogen (secondary N) is 1. The topological polar surface area (TPSA) is 75.7 Å². The molecule has 3 atom stereocenters. The Morgan fingerprint density at radius 3 is 2.12 bits per heavy atom. The molecule has 6 heteroatoms. The quantitative estimate of drug-likeness (QED) is 0.671. The van der Waals surface area contributed by atoms with Crippen molar-refractivity contribution in [3.63, 3.8) is 0 Å². The van der Waals surface area contributed by atoms with Crippen molar-refractivity contribution in [1.82, 2.24) is 10.4 Å². The fourth-order valence-corrected chi connectivity index (χ4v) is 3.37. The number of benzene rings is 1. The van der Waals surface area contributed by atoms with Gasteiger partial charge in [-0.3, -0.25) is 19.8 Å². The van der Waals surface area contributed by atoms with Crippen molar-refractivity contribution in [1.29, 1.82) is 0 Å². The monoisotopic (exact) mass is 342 g/mol. The summed E-state index contributed by atoms with van der Waals surface area (Å²) in [5.41, 5.74) is 4.49. The zero-order chi connectivity index (χ0) is 18.1. The average Bonchev–Trinajstić information content (AvgIpc) is 2.79. The second kappa shape index (κ2) is 6.70. The highest BCUT2D eigenvalue weighted by molar-refractivity contribution is 6.06. The standard InChI is InChI=1S/C19H22N2O4/c1-11-8-12(2)10-14(9-11)25-13(3)17(22)20-21-18(23)15-6-4-5-7-16(15)19(21)24/h4-5,8-10,13,15-16H,6-7H2,1-3H3,(H,20,22)/t13-,15-,16-/m0/s1. The molecule has 0 saturated carbocycles. The molecule has 0 spiro atoms. The molecule has 1 fully saturated rings. The van der Waals surface area contributed by atoms with Gasteiger partial charge in [0.25, 0.3) is 17.7 Å². The van der Waals surface area contributed by atoms with Gasteiger partial charge in [0.1, 0.15) is 5.75 Å². The lowest BCUT2D eigenvalue weighted by atomic mass is 9.85. The normalized spacial score (nSPS) is 23.4. The third kappa shape index (κ3) is 3.43. The second-order valence-electron chi connectivity index (χ2n) is 6.73. The Morgan fingerprint density at radius 1 is 1.08 bits per heavy atom. The van der Waals surface area contributed by atoms with Gasteiger partial charge >= 0.3 is 0 Å². The highest BCUT2D eigenvalue weighted by Crippen LogP contribution is 2.34. The molecule has 1 N–H and O–H groups in total. The van der Waals surface area contributed by atoms with Gasteiger partial charge in [-0.15, -0.1) is 0 Å². The van der Waals surface area contributed by atoms with Crippen LogP contribution in [0.15, 0.2) is 30.4 Å². The molecule has 1 heterocycles. The van der Waals surface area contributed by atoms with Crippen molar-refractivity contribution in [2.75, 3.05) is 0 Å². The molecule has 3 amide bonds. The third-order valence-corrected chi connectivity index (χ3v) is 4.61. The van der Waals surface area contributed by atoms with Crippen molar-refractivity contribution in [3.8, 4) is 5.75 Å². The largest absolute Gasteiger partial charge is 0.481 e. The van der Waals surface area contributed by atoms with Gasteiger partial charge in [-0.05, 0) is 56.9 Å². The Kier molecular flexibility index (Phi) is 4.61. The van der Waals surface area contributed by atoms with Crippen molar-refractivity contribution in [2.24, 2.45) is 11.8 Å². The van der Waals surface area contributed by atoms with E-state index in [0.717, 1.165) is 16.1 Å². The van der Waals surface area contributed by atoms with E-state index in [1.165, 1.54) is 0 Å². The molecule has 0 radical (unpaired) electrons. The van der Waals surface area contributed by atoms with E-state index < -0.39 is 12.0 Å². The van der Waals surface area contributed by atoms with Crippen molar-refractivity contribution >= 4 is 17.7 Å². The molecule has 132 valence electrons. The van der Waals surface area contributed by atoms with Crippen LogP contribution in [0.1, 0.15) is 30.9 Å². The average molecular weight is 342 g/mol. The molecule has 2 aliphatic rings. The number of allylic oxidation sites excluding steroid dienone is 2. The van der Waals surface area contributed by atoms with E-state index in [4.69, 9.17) is 4.74 Å². The van der Waals surface area contributed by atoms with E-state index in [-0.39, 0.29) is 23.7 Å². The first-order chi connectivity index (χ1) is 11.9. The van der Waals surface area contributed by atoms with Gasteiger partial charge < -0.3 is 4.74 Å². The number of carbonyl (C=O) groups excluding carboxylic acids is 3. The summed E-state index contributed by atoms with van der Waals surface area (Å²) in [6, 6.07) is 5.68. The number of amides is 3. The lowest BCUT2D eigenvalue weighted by Gasteiger charge is -2.20. The van der Waals surface area contributed by atoms with Crippen LogP contribution in [0.2, 0.25) is 0 Å². The molecule has 1 aromatic carbocycles. The Bertz CT molecular complexity index is 710. The van der Waals surface area contributed by atoms with Gasteiger partial charge in [0.2, 0.25) is 0 Å². The molecule has 1 aromatic rings. The van der Waals surface area contributed by atoms with Gasteiger partial charge in [-0.2, -0.15) is 5.01 Å². The van der Waals surface area contributed by atoms with E-state index in [1.54, 1.807) is 6.92 Å². The number of hydrogen-bond donors (Lipinski definition) is 1. The zero-order valence-electron chi connectivity index (χ0n) is 14.6. The first-order valence-electron chi connectivity index (χ1n) is 8.45. The van der Waals surface area contributed by atoms with E-state index in [1.807, 2.05) is 44.2 Å². The Morgan fingerprint density at radius 2 is 1.60 bits per heavy atom. The van der Waals surface area contributed by atoms with Crippen LogP contribution in [0.5, 0.6) is 5.75 Å². The van der Waals surface area contributed by atoms with Crippen LogP contribution in [0.25, 0.3) is 0 Å². The summed E-state index contributed by atoms with van der Waals surface area (Å²) < 4.78 is 5.66. The second-order valence-corrected chi connectivity index (χ2v) is 6.73. The van der Waals surface area contributed by atoms with Crippen LogP contribution >= 0.6 is 0 Å². The third-order valence-electron chi connectivity index (χ3n) is 4.61. The van der Waals surface area contributed by atoms with Crippen LogP contribution in [0.4, 0.5) is 0 Å². The van der Waals surface area contributed by atoms with Gasteiger partial charge in [-0.25, -0.2) is 0 Å². The molecular weight excluding hydrogens is 320 g/mol. The van der Waals surface area contributed by atoms with E-state index in [0.29, 0.717) is 18.6 Å². The molecule has 3 rings (SSSR count). The number of carbonyl (C=O) groups is 3. The summed E-state index contributed by atoms with van der Waals surface area (Å²) >= 11 is 0. The maximum Gasteiger partial charge on any atom is 0.279 e. The minimum absolute atomic E-state index is 0.341. The summed E-state index contributed by atoms with van der Waals surface area (Å²) in [4.78, 5) is 37.1. The molecule has 1 saturated heterocycles. The van der Waals surface area contributed by atoms with Crippen molar-refractivity contribution in [3.05, 3.63) is 41.5 Å². The Labute approximate surface area is 146 Å². The number of ether oxygens (including phenoxy) is 1. The summed E-state index contributed by atoms with van der Waals surface area (Å²) in [5, 5.41) is 0.867. The first-order valence-corrected chi connectivity index (χ1v) is 8.45. The number of rotatable bonds is 4. The summed E-state index contributed by atoms with van der Waals surface area (Å²) in [7, 11) is 0. The van der Waals surface area contributed by atoms with Gasteiger partial charge in [0.05, 0.1) is 11.8 Å². The summed E-state index contributed by atoms with van der Waals surface area (Å²) in [5.74, 6) is -1.36. The fraction of sp³-hybridized carbons (Fsp3) is 0.421. The molecule has 0 aromatic heterocycles. The van der Waals surface area contributed by atoms with Crippen LogP contribution in [-0.2, 0) is 14.4 Å². The van der Waals surface area contributed by atoms with E-state index in [9.17, 15) is 14.4 Å². The highest BCUT2D eigenvalue weighted by atomic mass is 16.5. The molecular formula is C19H22N2O4. The van der Waals surface area contributed by atoms with Crippen molar-refractivity contribution in [2.45, 2.75) is 39.7 Å². The van der Waals surface area contributed by atoms with Crippen LogP contribution in [-0.4, -0.2) is 28.8 Å². The number of imide groups is 1. The van der Waals surface area contributed by atoms with Crippen LogP contribution < -0.4 is 10.2 Å². The molecule has 0 bridgehead atoms. The fourth-order valence-electron chi connectivity index (χ4n) is 3.37.